The van der Waals surface area contributed by atoms with E-state index in [9.17, 15) is 0 Å². The Morgan fingerprint density at radius 2 is 1.20 bits per heavy atom. The molecule has 2 rings (SSSR count). The minimum Gasteiger partial charge on any atom is -0.103 e. The first-order chi connectivity index (χ1) is 9.85. The fourth-order valence-electron chi connectivity index (χ4n) is 1.41. The van der Waals surface area contributed by atoms with Crippen molar-refractivity contribution in [3.05, 3.63) is 84.9 Å². The number of hydrogen-bond acceptors (Lipinski definition) is 0. The zero-order valence-corrected chi connectivity index (χ0v) is 13.0. The molecule has 0 spiro atoms. The summed E-state index contributed by atoms with van der Waals surface area (Å²) in [4.78, 5) is 0. The molecule has 0 heteroatoms. The van der Waals surface area contributed by atoms with E-state index in [4.69, 9.17) is 0 Å². The first-order valence-corrected chi connectivity index (χ1v) is 7.49. The number of benzene rings is 2. The van der Waals surface area contributed by atoms with Crippen LogP contribution in [0.4, 0.5) is 0 Å². The smallest absolute Gasteiger partial charge is 0.0279 e. The Bertz CT molecular complexity index is 362. The lowest BCUT2D eigenvalue weighted by atomic mass is 10.1. The fraction of sp³-hybridized carbons (Fsp3) is 0.300. The Hall–Kier alpha value is -1.82. The molecule has 0 aliphatic carbocycles. The molecule has 0 radical (unpaired) electrons. The lowest BCUT2D eigenvalue weighted by molar-refractivity contribution is 0.795. The lowest BCUT2D eigenvalue weighted by Crippen LogP contribution is -1.81. The third-order valence-electron chi connectivity index (χ3n) is 2.62. The molecule has 2 aromatic rings. The van der Waals surface area contributed by atoms with Crippen molar-refractivity contribution in [2.45, 2.75) is 39.5 Å². The molecule has 0 saturated heterocycles. The van der Waals surface area contributed by atoms with E-state index < -0.39 is 0 Å². The van der Waals surface area contributed by atoms with Gasteiger partial charge in [-0.25, -0.2) is 0 Å². The zero-order chi connectivity index (χ0) is 14.9. The average molecular weight is 268 g/mol. The Morgan fingerprint density at radius 1 is 0.800 bits per heavy atom. The van der Waals surface area contributed by atoms with Gasteiger partial charge in [-0.2, -0.15) is 0 Å². The summed E-state index contributed by atoms with van der Waals surface area (Å²) in [6, 6.07) is 22.6. The van der Waals surface area contributed by atoms with E-state index in [0.717, 1.165) is 6.42 Å². The van der Waals surface area contributed by atoms with Crippen LogP contribution in [0.15, 0.2) is 79.4 Å². The summed E-state index contributed by atoms with van der Waals surface area (Å²) in [5.41, 5.74) is 1.46. The summed E-state index contributed by atoms with van der Waals surface area (Å²) in [5.74, 6) is 0. The van der Waals surface area contributed by atoms with Crippen molar-refractivity contribution in [1.29, 1.82) is 0 Å². The molecule has 0 N–H and O–H groups in total. The summed E-state index contributed by atoms with van der Waals surface area (Å²) in [6.45, 7) is 7.77. The van der Waals surface area contributed by atoms with Crippen LogP contribution in [-0.2, 0) is 6.42 Å². The average Bonchev–Trinajstić information content (AvgIpc) is 2.56. The van der Waals surface area contributed by atoms with Gasteiger partial charge in [-0.15, -0.1) is 6.58 Å². The lowest BCUT2D eigenvalue weighted by Gasteiger charge is -1.96. The first-order valence-electron chi connectivity index (χ1n) is 7.49. The maximum Gasteiger partial charge on any atom is -0.0279 e. The summed E-state index contributed by atoms with van der Waals surface area (Å²) < 4.78 is 0. The molecule has 0 unspecified atom stereocenters. The number of hydrogen-bond donors (Lipinski definition) is 0. The van der Waals surface area contributed by atoms with Gasteiger partial charge in [0.15, 0.2) is 0 Å². The van der Waals surface area contributed by atoms with Crippen molar-refractivity contribution in [3.8, 4) is 0 Å². The molecule has 0 aliphatic rings. The van der Waals surface area contributed by atoms with Crippen molar-refractivity contribution < 1.29 is 0 Å². The Kier molecular flexibility index (Phi) is 13.9. The van der Waals surface area contributed by atoms with Crippen LogP contribution in [0.5, 0.6) is 0 Å². The van der Waals surface area contributed by atoms with Crippen LogP contribution in [0, 0.1) is 0 Å². The van der Waals surface area contributed by atoms with Crippen LogP contribution in [0.2, 0.25) is 0 Å². The Balaban J connectivity index is 0.000000307. The summed E-state index contributed by atoms with van der Waals surface area (Å²) in [7, 11) is 0. The van der Waals surface area contributed by atoms with Gasteiger partial charge in [0.05, 0.1) is 0 Å². The van der Waals surface area contributed by atoms with Crippen molar-refractivity contribution in [1.82, 2.24) is 0 Å². The minimum atomic E-state index is 1.08. The molecule has 0 aromatic heterocycles. The van der Waals surface area contributed by atoms with Crippen LogP contribution in [0.3, 0.4) is 0 Å². The molecular formula is C20H28. The molecule has 0 amide bonds. The number of unbranched alkanes of at least 4 members (excludes halogenated alkanes) is 1. The summed E-state index contributed by atoms with van der Waals surface area (Å²) >= 11 is 0. The summed E-state index contributed by atoms with van der Waals surface area (Å²) in [5, 5.41) is 0. The van der Waals surface area contributed by atoms with Gasteiger partial charge in [0.25, 0.3) is 0 Å². The van der Waals surface area contributed by atoms with Gasteiger partial charge < -0.3 is 0 Å². The van der Waals surface area contributed by atoms with Crippen LogP contribution in [0.25, 0.3) is 0 Å². The first kappa shape index (κ1) is 18.2. The van der Waals surface area contributed by atoms with Gasteiger partial charge in [-0.05, 0) is 24.8 Å². The van der Waals surface area contributed by atoms with Gasteiger partial charge in [0.1, 0.15) is 0 Å². The second-order valence-electron chi connectivity index (χ2n) is 4.44. The van der Waals surface area contributed by atoms with Crippen molar-refractivity contribution in [2.24, 2.45) is 0 Å². The van der Waals surface area contributed by atoms with Gasteiger partial charge in [0.2, 0.25) is 0 Å². The second-order valence-corrected chi connectivity index (χ2v) is 4.44. The highest BCUT2D eigenvalue weighted by atomic mass is 13.9. The fourth-order valence-corrected chi connectivity index (χ4v) is 1.41. The third-order valence-corrected chi connectivity index (χ3v) is 2.62. The van der Waals surface area contributed by atoms with E-state index in [2.05, 4.69) is 50.8 Å². The standard InChI is InChI=1S/C10H14.C6H6.C4H8/c1-2-3-7-10-8-5-4-6-9-10;1-2-4-6-5-3-1;1-3-4-2/h4-6,8-9H,2-3,7H2,1H3;1-6H;3H,1,4H2,2H3. The van der Waals surface area contributed by atoms with Crippen LogP contribution in [-0.4, -0.2) is 0 Å². The molecule has 0 atom stereocenters. The molecule has 0 saturated carbocycles. The predicted octanol–water partition coefficient (Wildman–Crippen LogP) is 6.30. The largest absolute Gasteiger partial charge is 0.103 e. The Labute approximate surface area is 125 Å². The molecule has 0 bridgehead atoms. The second kappa shape index (κ2) is 15.2. The van der Waals surface area contributed by atoms with Crippen LogP contribution >= 0.6 is 0 Å². The third kappa shape index (κ3) is 12.6. The molecule has 0 nitrogen and oxygen atoms in total. The van der Waals surface area contributed by atoms with E-state index >= 15 is 0 Å². The van der Waals surface area contributed by atoms with Crippen molar-refractivity contribution >= 4 is 0 Å². The molecule has 0 aliphatic heterocycles. The quantitative estimate of drug-likeness (QED) is 0.571. The SMILES string of the molecule is C=CCC.CCCCc1ccccc1.c1ccccc1. The van der Waals surface area contributed by atoms with Crippen LogP contribution < -0.4 is 0 Å². The molecule has 0 heterocycles. The zero-order valence-electron chi connectivity index (χ0n) is 13.0. The van der Waals surface area contributed by atoms with E-state index in [-0.39, 0.29) is 0 Å². The number of rotatable bonds is 4. The highest BCUT2D eigenvalue weighted by Crippen LogP contribution is 2.03. The molecule has 108 valence electrons. The van der Waals surface area contributed by atoms with E-state index in [1.807, 2.05) is 42.5 Å². The number of aryl methyl sites for hydroxylation is 1. The van der Waals surface area contributed by atoms with Gasteiger partial charge in [-0.1, -0.05) is 93.1 Å². The van der Waals surface area contributed by atoms with Gasteiger partial charge in [0, 0.05) is 0 Å². The van der Waals surface area contributed by atoms with E-state index in [1.165, 1.54) is 24.8 Å². The molecule has 20 heavy (non-hydrogen) atoms. The molecular weight excluding hydrogens is 240 g/mol. The van der Waals surface area contributed by atoms with Gasteiger partial charge >= 0.3 is 0 Å². The molecule has 0 fully saturated rings. The maximum absolute atomic E-state index is 3.48. The van der Waals surface area contributed by atoms with Gasteiger partial charge in [-0.3, -0.25) is 0 Å². The topological polar surface area (TPSA) is 0 Å². The predicted molar refractivity (Wildman–Crippen MR) is 92.0 cm³/mol. The van der Waals surface area contributed by atoms with E-state index in [1.54, 1.807) is 0 Å². The summed E-state index contributed by atoms with van der Waals surface area (Å²) in [6.07, 6.45) is 6.79. The monoisotopic (exact) mass is 268 g/mol. The minimum absolute atomic E-state index is 1.08. The van der Waals surface area contributed by atoms with Crippen molar-refractivity contribution in [3.63, 3.8) is 0 Å². The van der Waals surface area contributed by atoms with Crippen LogP contribution in [0.1, 0.15) is 38.7 Å². The molecule has 2 aromatic carbocycles. The number of allylic oxidation sites excluding steroid dienone is 1. The van der Waals surface area contributed by atoms with E-state index in [0.29, 0.717) is 0 Å². The highest BCUT2D eigenvalue weighted by Gasteiger charge is 1.87. The van der Waals surface area contributed by atoms with Crippen molar-refractivity contribution in [2.75, 3.05) is 0 Å². The Morgan fingerprint density at radius 3 is 1.55 bits per heavy atom. The highest BCUT2D eigenvalue weighted by molar-refractivity contribution is 5.14. The maximum atomic E-state index is 3.48. The normalized spacial score (nSPS) is 8.50.